The van der Waals surface area contributed by atoms with Gasteiger partial charge in [-0.3, -0.25) is 4.79 Å². The van der Waals surface area contributed by atoms with Crippen molar-refractivity contribution in [1.29, 1.82) is 0 Å². The first-order valence-electron chi connectivity index (χ1n) is 11.4. The van der Waals surface area contributed by atoms with Gasteiger partial charge in [-0.15, -0.1) is 11.3 Å². The number of carbonyl (C=O) groups excluding carboxylic acids is 1. The normalized spacial score (nSPS) is 21.0. The van der Waals surface area contributed by atoms with Gasteiger partial charge in [-0.05, 0) is 58.1 Å². The SMILES string of the molecule is Cc1noc(C)c1S(=O)(=O)N1CCC(C(=O)N2CCCC[C@@H]2c2nc3ccccc3s2)CC1. The molecule has 3 aromatic rings. The van der Waals surface area contributed by atoms with Crippen LogP contribution in [-0.2, 0) is 14.8 Å². The van der Waals surface area contributed by atoms with E-state index in [2.05, 4.69) is 11.2 Å². The zero-order chi connectivity index (χ0) is 23.2. The van der Waals surface area contributed by atoms with Gasteiger partial charge in [-0.25, -0.2) is 13.4 Å². The highest BCUT2D eigenvalue weighted by atomic mass is 32.2. The molecule has 4 heterocycles. The molecule has 1 aromatic carbocycles. The first-order chi connectivity index (χ1) is 15.9. The second kappa shape index (κ2) is 8.81. The molecule has 0 radical (unpaired) electrons. The van der Waals surface area contributed by atoms with Crippen molar-refractivity contribution >= 4 is 37.5 Å². The number of thiazole rings is 1. The number of benzene rings is 1. The zero-order valence-electron chi connectivity index (χ0n) is 18.9. The minimum Gasteiger partial charge on any atom is -0.360 e. The molecule has 2 aliphatic heterocycles. The Bertz CT molecular complexity index is 1220. The summed E-state index contributed by atoms with van der Waals surface area (Å²) in [4.78, 5) is 20.5. The Morgan fingerprint density at radius 3 is 2.55 bits per heavy atom. The second-order valence-corrected chi connectivity index (χ2v) is 11.8. The predicted octanol–water partition coefficient (Wildman–Crippen LogP) is 4.06. The molecule has 0 spiro atoms. The monoisotopic (exact) mass is 488 g/mol. The molecule has 0 N–H and O–H groups in total. The Hall–Kier alpha value is -2.30. The number of amides is 1. The van der Waals surface area contributed by atoms with Crippen molar-refractivity contribution in [3.63, 3.8) is 0 Å². The molecule has 2 aromatic heterocycles. The number of rotatable bonds is 4. The maximum absolute atomic E-state index is 13.6. The number of aryl methyl sites for hydroxylation is 2. The summed E-state index contributed by atoms with van der Waals surface area (Å²) in [5, 5.41) is 4.79. The van der Waals surface area contributed by atoms with Crippen molar-refractivity contribution in [2.24, 2.45) is 5.92 Å². The van der Waals surface area contributed by atoms with Crippen LogP contribution in [0.4, 0.5) is 0 Å². The van der Waals surface area contributed by atoms with Crippen LogP contribution in [0, 0.1) is 19.8 Å². The van der Waals surface area contributed by atoms with Gasteiger partial charge in [0.1, 0.15) is 15.6 Å². The summed E-state index contributed by atoms with van der Waals surface area (Å²) in [5.41, 5.74) is 1.35. The van der Waals surface area contributed by atoms with Gasteiger partial charge >= 0.3 is 0 Å². The average Bonchev–Trinajstić information content (AvgIpc) is 3.41. The molecule has 0 unspecified atom stereocenters. The van der Waals surface area contributed by atoms with Gasteiger partial charge in [0.25, 0.3) is 0 Å². The largest absolute Gasteiger partial charge is 0.360 e. The molecule has 0 aliphatic carbocycles. The molecule has 33 heavy (non-hydrogen) atoms. The van der Waals surface area contributed by atoms with Gasteiger partial charge in [-0.2, -0.15) is 4.31 Å². The number of hydrogen-bond donors (Lipinski definition) is 0. The van der Waals surface area contributed by atoms with Gasteiger partial charge in [-0.1, -0.05) is 17.3 Å². The van der Waals surface area contributed by atoms with E-state index in [1.54, 1.807) is 25.2 Å². The smallest absolute Gasteiger partial charge is 0.248 e. The number of fused-ring (bicyclic) bond motifs is 1. The summed E-state index contributed by atoms with van der Waals surface area (Å²) < 4.78 is 33.9. The van der Waals surface area contributed by atoms with Crippen LogP contribution in [0.5, 0.6) is 0 Å². The molecule has 5 rings (SSSR count). The van der Waals surface area contributed by atoms with Gasteiger partial charge in [0.15, 0.2) is 5.76 Å². The third kappa shape index (κ3) is 4.08. The van der Waals surface area contributed by atoms with Crippen molar-refractivity contribution < 1.29 is 17.7 Å². The fraction of sp³-hybridized carbons (Fsp3) is 0.522. The second-order valence-electron chi connectivity index (χ2n) is 8.89. The quantitative estimate of drug-likeness (QED) is 0.550. The lowest BCUT2D eigenvalue weighted by molar-refractivity contribution is -0.140. The van der Waals surface area contributed by atoms with Crippen molar-refractivity contribution in [2.75, 3.05) is 19.6 Å². The number of para-hydroxylation sites is 1. The summed E-state index contributed by atoms with van der Waals surface area (Å²) in [6, 6.07) is 8.09. The highest BCUT2D eigenvalue weighted by Gasteiger charge is 2.39. The summed E-state index contributed by atoms with van der Waals surface area (Å²) in [5.74, 6) is 0.266. The summed E-state index contributed by atoms with van der Waals surface area (Å²) >= 11 is 1.67. The standard InChI is InChI=1S/C23H28N4O4S2/c1-15-21(16(2)31-25-15)33(29,30)26-13-10-17(11-14-26)23(28)27-12-6-5-8-19(27)22-24-18-7-3-4-9-20(18)32-22/h3-4,7,9,17,19H,5-6,8,10-14H2,1-2H3/t19-/m1/s1. The van der Waals surface area contributed by atoms with Crippen LogP contribution in [0.2, 0.25) is 0 Å². The van der Waals surface area contributed by atoms with Gasteiger partial charge in [0, 0.05) is 25.6 Å². The number of nitrogens with zero attached hydrogens (tertiary/aromatic N) is 4. The number of hydrogen-bond acceptors (Lipinski definition) is 7. The van der Waals surface area contributed by atoms with E-state index in [0.29, 0.717) is 37.4 Å². The molecule has 2 saturated heterocycles. The number of piperidine rings is 2. The third-order valence-electron chi connectivity index (χ3n) is 6.75. The number of carbonyl (C=O) groups is 1. The Kier molecular flexibility index (Phi) is 6.00. The molecule has 1 atom stereocenters. The lowest BCUT2D eigenvalue weighted by Crippen LogP contribution is -2.46. The van der Waals surface area contributed by atoms with Crippen LogP contribution >= 0.6 is 11.3 Å². The Morgan fingerprint density at radius 2 is 1.85 bits per heavy atom. The van der Waals surface area contributed by atoms with Gasteiger partial charge < -0.3 is 9.42 Å². The van der Waals surface area contributed by atoms with Crippen LogP contribution in [0.1, 0.15) is 54.6 Å². The molecule has 10 heteroatoms. The van der Waals surface area contributed by atoms with Crippen molar-refractivity contribution in [2.45, 2.75) is 56.9 Å². The average molecular weight is 489 g/mol. The van der Waals surface area contributed by atoms with E-state index in [0.717, 1.165) is 41.0 Å². The van der Waals surface area contributed by atoms with Crippen LogP contribution in [0.3, 0.4) is 0 Å². The molecule has 8 nitrogen and oxygen atoms in total. The molecule has 2 aliphatic rings. The first-order valence-corrected chi connectivity index (χ1v) is 13.7. The third-order valence-corrected chi connectivity index (χ3v) is 10.0. The minimum absolute atomic E-state index is 0.00714. The maximum Gasteiger partial charge on any atom is 0.248 e. The summed E-state index contributed by atoms with van der Waals surface area (Å²) in [6.45, 7) is 4.63. The summed E-state index contributed by atoms with van der Waals surface area (Å²) in [6.07, 6.45) is 4.03. The Morgan fingerprint density at radius 1 is 1.09 bits per heavy atom. The topological polar surface area (TPSA) is 96.6 Å². The highest BCUT2D eigenvalue weighted by molar-refractivity contribution is 7.89. The Labute approximate surface area is 197 Å². The van der Waals surface area contributed by atoms with Crippen LogP contribution < -0.4 is 0 Å². The predicted molar refractivity (Wildman–Crippen MR) is 125 cm³/mol. The van der Waals surface area contributed by atoms with Crippen molar-refractivity contribution in [3.8, 4) is 0 Å². The van der Waals surface area contributed by atoms with Crippen molar-refractivity contribution in [3.05, 3.63) is 40.7 Å². The van der Waals surface area contributed by atoms with E-state index in [4.69, 9.17) is 9.51 Å². The Balaban J connectivity index is 1.30. The molecular weight excluding hydrogens is 460 g/mol. The van der Waals surface area contributed by atoms with E-state index in [1.165, 1.54) is 4.31 Å². The minimum atomic E-state index is -3.68. The van der Waals surface area contributed by atoms with Crippen molar-refractivity contribution in [1.82, 2.24) is 19.3 Å². The molecular formula is C23H28N4O4S2. The molecule has 2 fully saturated rings. The zero-order valence-corrected chi connectivity index (χ0v) is 20.5. The van der Waals surface area contributed by atoms with Crippen LogP contribution in [0.25, 0.3) is 10.2 Å². The number of aromatic nitrogens is 2. The fourth-order valence-corrected chi connectivity index (χ4v) is 7.91. The lowest BCUT2D eigenvalue weighted by atomic mass is 9.93. The van der Waals surface area contributed by atoms with Gasteiger partial charge in [0.2, 0.25) is 15.9 Å². The molecule has 1 amide bonds. The number of sulfonamides is 1. The molecule has 176 valence electrons. The van der Waals surface area contributed by atoms with E-state index >= 15 is 0 Å². The molecule has 0 saturated carbocycles. The first kappa shape index (κ1) is 22.5. The van der Waals surface area contributed by atoms with E-state index in [9.17, 15) is 13.2 Å². The van der Waals surface area contributed by atoms with Crippen LogP contribution in [0.15, 0.2) is 33.7 Å². The van der Waals surface area contributed by atoms with Crippen LogP contribution in [-0.4, -0.2) is 53.3 Å². The van der Waals surface area contributed by atoms with Gasteiger partial charge in [0.05, 0.1) is 16.3 Å². The maximum atomic E-state index is 13.6. The van der Waals surface area contributed by atoms with E-state index in [-0.39, 0.29) is 22.8 Å². The number of likely N-dealkylation sites (tertiary alicyclic amines) is 1. The highest BCUT2D eigenvalue weighted by Crippen LogP contribution is 2.37. The van der Waals surface area contributed by atoms with E-state index in [1.807, 2.05) is 23.1 Å². The lowest BCUT2D eigenvalue weighted by Gasteiger charge is -2.39. The summed E-state index contributed by atoms with van der Waals surface area (Å²) in [7, 11) is -3.68. The van der Waals surface area contributed by atoms with E-state index < -0.39 is 10.0 Å². The molecule has 0 bridgehead atoms. The fourth-order valence-electron chi connectivity index (χ4n) is 5.03.